The van der Waals surface area contributed by atoms with Crippen molar-refractivity contribution >= 4 is 12.8 Å². The maximum atomic E-state index is 13.4. The minimum Gasteiger partial charge on any atom is -0.262 e. The van der Waals surface area contributed by atoms with Crippen molar-refractivity contribution in [3.63, 3.8) is 0 Å². The van der Waals surface area contributed by atoms with Gasteiger partial charge >= 0.3 is 0 Å². The Morgan fingerprint density at radius 3 is 2.77 bits per heavy atom. The lowest BCUT2D eigenvalue weighted by molar-refractivity contribution is 0.608. The van der Waals surface area contributed by atoms with Crippen LogP contribution in [0.2, 0.25) is 0 Å². The summed E-state index contributed by atoms with van der Waals surface area (Å²) in [6.45, 7) is 0.602. The van der Waals surface area contributed by atoms with Crippen molar-refractivity contribution in [2.24, 2.45) is 0 Å². The molecule has 0 spiro atoms. The van der Waals surface area contributed by atoms with E-state index in [0.717, 1.165) is 24.0 Å². The van der Waals surface area contributed by atoms with E-state index in [1.54, 1.807) is 6.07 Å². The molecule has 1 aliphatic rings. The molecule has 0 aliphatic heterocycles. The third-order valence-corrected chi connectivity index (χ3v) is 2.52. The quantitative estimate of drug-likeness (QED) is 0.710. The molecular formula is C10H12FNS. The van der Waals surface area contributed by atoms with E-state index in [9.17, 15) is 4.39 Å². The van der Waals surface area contributed by atoms with Gasteiger partial charge in [0, 0.05) is 6.54 Å². The minimum absolute atomic E-state index is 0.0661. The number of thiol groups is 1. The number of halogens is 1. The van der Waals surface area contributed by atoms with Crippen LogP contribution >= 0.6 is 12.8 Å². The van der Waals surface area contributed by atoms with Crippen molar-refractivity contribution < 1.29 is 4.39 Å². The zero-order valence-corrected chi connectivity index (χ0v) is 8.15. The Balaban J connectivity index is 2.21. The molecular weight excluding hydrogens is 185 g/mol. The number of nitrogens with one attached hydrogen (secondary N) is 1. The van der Waals surface area contributed by atoms with Crippen LogP contribution in [0, 0.1) is 5.82 Å². The van der Waals surface area contributed by atoms with Crippen LogP contribution in [0.25, 0.3) is 0 Å². The predicted octanol–water partition coefficient (Wildman–Crippen LogP) is 2.64. The van der Waals surface area contributed by atoms with Crippen LogP contribution < -0.4 is 4.72 Å². The zero-order chi connectivity index (χ0) is 9.26. The Bertz CT molecular complexity index is 310. The largest absolute Gasteiger partial charge is 0.262 e. The molecule has 0 radical (unpaired) electrons. The highest BCUT2D eigenvalue weighted by atomic mass is 32.1. The minimum atomic E-state index is -0.0661. The third kappa shape index (κ3) is 2.03. The molecule has 0 atom stereocenters. The highest BCUT2D eigenvalue weighted by Gasteiger charge is 2.26. The highest BCUT2D eigenvalue weighted by Crippen LogP contribution is 2.41. The van der Waals surface area contributed by atoms with E-state index in [2.05, 4.69) is 17.5 Å². The smallest absolute Gasteiger partial charge is 0.127 e. The average molecular weight is 197 g/mol. The number of hydrogen-bond acceptors (Lipinski definition) is 2. The van der Waals surface area contributed by atoms with E-state index < -0.39 is 0 Å². The van der Waals surface area contributed by atoms with Crippen molar-refractivity contribution in [2.45, 2.75) is 25.3 Å². The van der Waals surface area contributed by atoms with Crippen molar-refractivity contribution in [3.8, 4) is 0 Å². The Morgan fingerprint density at radius 1 is 1.46 bits per heavy atom. The van der Waals surface area contributed by atoms with Gasteiger partial charge in [-0.25, -0.2) is 4.39 Å². The number of benzene rings is 1. The molecule has 1 fully saturated rings. The second kappa shape index (κ2) is 3.68. The van der Waals surface area contributed by atoms with Gasteiger partial charge in [0.15, 0.2) is 0 Å². The van der Waals surface area contributed by atoms with Gasteiger partial charge in [0.1, 0.15) is 5.82 Å². The Kier molecular flexibility index (Phi) is 2.56. The lowest BCUT2D eigenvalue weighted by atomic mass is 10.1. The molecule has 0 saturated heterocycles. The monoisotopic (exact) mass is 197 g/mol. The molecule has 1 aliphatic carbocycles. The molecule has 1 nitrogen and oxygen atoms in total. The Hall–Kier alpha value is -0.540. The summed E-state index contributed by atoms with van der Waals surface area (Å²) in [6, 6.07) is 5.45. The Morgan fingerprint density at radius 2 is 2.23 bits per heavy atom. The lowest BCUT2D eigenvalue weighted by Gasteiger charge is -2.03. The van der Waals surface area contributed by atoms with E-state index in [0.29, 0.717) is 12.5 Å². The second-order valence-corrected chi connectivity index (χ2v) is 3.78. The first-order valence-corrected chi connectivity index (χ1v) is 4.91. The summed E-state index contributed by atoms with van der Waals surface area (Å²) in [5.74, 6) is 0.418. The standard InChI is InChI=1S/C10H12FNS/c11-10-5-7(6-12-13)1-4-9(10)8-2-3-8/h1,4-5,8,12-13H,2-3,6H2. The van der Waals surface area contributed by atoms with Crippen molar-refractivity contribution in [2.75, 3.05) is 0 Å². The fraction of sp³-hybridized carbons (Fsp3) is 0.400. The molecule has 0 bridgehead atoms. The summed E-state index contributed by atoms with van der Waals surface area (Å²) >= 11 is 3.87. The van der Waals surface area contributed by atoms with Crippen LogP contribution in [-0.4, -0.2) is 0 Å². The van der Waals surface area contributed by atoms with Gasteiger partial charge in [-0.15, -0.1) is 0 Å². The number of hydrogen-bond donors (Lipinski definition) is 2. The SMILES string of the molecule is Fc1cc(CNS)ccc1C1CC1. The molecule has 0 heterocycles. The molecule has 1 aromatic rings. The summed E-state index contributed by atoms with van der Waals surface area (Å²) in [5.41, 5.74) is 1.82. The van der Waals surface area contributed by atoms with Gasteiger partial charge in [-0.3, -0.25) is 4.72 Å². The van der Waals surface area contributed by atoms with Crippen LogP contribution in [0.15, 0.2) is 18.2 Å². The summed E-state index contributed by atoms with van der Waals surface area (Å²) in [4.78, 5) is 0. The fourth-order valence-corrected chi connectivity index (χ4v) is 1.68. The highest BCUT2D eigenvalue weighted by molar-refractivity contribution is 7.78. The molecule has 2 rings (SSSR count). The molecule has 13 heavy (non-hydrogen) atoms. The van der Waals surface area contributed by atoms with Gasteiger partial charge in [-0.05, 0) is 36.0 Å². The Labute approximate surface area is 82.9 Å². The lowest BCUT2D eigenvalue weighted by Crippen LogP contribution is -1.99. The van der Waals surface area contributed by atoms with E-state index in [1.807, 2.05) is 12.1 Å². The summed E-state index contributed by atoms with van der Waals surface area (Å²) in [5, 5.41) is 0. The maximum Gasteiger partial charge on any atom is 0.127 e. The molecule has 3 heteroatoms. The summed E-state index contributed by atoms with van der Waals surface area (Å²) in [6.07, 6.45) is 2.28. The van der Waals surface area contributed by atoms with E-state index >= 15 is 0 Å². The van der Waals surface area contributed by atoms with Crippen LogP contribution in [0.3, 0.4) is 0 Å². The van der Waals surface area contributed by atoms with Crippen LogP contribution in [0.5, 0.6) is 0 Å². The van der Waals surface area contributed by atoms with Crippen LogP contribution in [-0.2, 0) is 6.54 Å². The van der Waals surface area contributed by atoms with Crippen LogP contribution in [0.1, 0.15) is 29.9 Å². The average Bonchev–Trinajstić information content (AvgIpc) is 2.88. The molecule has 0 unspecified atom stereocenters. The predicted molar refractivity (Wildman–Crippen MR) is 54.2 cm³/mol. The van der Waals surface area contributed by atoms with Crippen LogP contribution in [0.4, 0.5) is 4.39 Å². The summed E-state index contributed by atoms with van der Waals surface area (Å²) < 4.78 is 16.1. The van der Waals surface area contributed by atoms with Gasteiger partial charge in [0.2, 0.25) is 0 Å². The van der Waals surface area contributed by atoms with Crippen molar-refractivity contribution in [3.05, 3.63) is 35.1 Å². The van der Waals surface area contributed by atoms with E-state index in [1.165, 1.54) is 0 Å². The third-order valence-electron chi connectivity index (χ3n) is 2.37. The van der Waals surface area contributed by atoms with Crippen molar-refractivity contribution in [1.29, 1.82) is 0 Å². The molecule has 0 aromatic heterocycles. The zero-order valence-electron chi connectivity index (χ0n) is 7.26. The fourth-order valence-electron chi connectivity index (χ4n) is 1.50. The van der Waals surface area contributed by atoms with Gasteiger partial charge in [0.05, 0.1) is 0 Å². The van der Waals surface area contributed by atoms with Gasteiger partial charge in [-0.2, -0.15) is 0 Å². The van der Waals surface area contributed by atoms with Crippen molar-refractivity contribution in [1.82, 2.24) is 4.72 Å². The maximum absolute atomic E-state index is 13.4. The van der Waals surface area contributed by atoms with E-state index in [-0.39, 0.29) is 5.82 Å². The first-order chi connectivity index (χ1) is 6.31. The number of rotatable bonds is 3. The second-order valence-electron chi connectivity index (χ2n) is 3.47. The van der Waals surface area contributed by atoms with Gasteiger partial charge in [-0.1, -0.05) is 24.9 Å². The summed E-state index contributed by atoms with van der Waals surface area (Å²) in [7, 11) is 0. The molecule has 1 saturated carbocycles. The molecule has 1 N–H and O–H groups in total. The first-order valence-electron chi connectivity index (χ1n) is 4.46. The normalized spacial score (nSPS) is 16.2. The van der Waals surface area contributed by atoms with Gasteiger partial charge in [0.25, 0.3) is 0 Å². The molecule has 0 amide bonds. The molecule has 1 aromatic carbocycles. The molecule has 70 valence electrons. The first kappa shape index (κ1) is 9.03. The van der Waals surface area contributed by atoms with E-state index in [4.69, 9.17) is 0 Å². The van der Waals surface area contributed by atoms with Gasteiger partial charge < -0.3 is 0 Å². The topological polar surface area (TPSA) is 12.0 Å².